The van der Waals surface area contributed by atoms with E-state index in [4.69, 9.17) is 10.2 Å². The maximum atomic E-state index is 12.3. The lowest BCUT2D eigenvalue weighted by molar-refractivity contribution is -0.117. The van der Waals surface area contributed by atoms with Gasteiger partial charge in [0.2, 0.25) is 11.8 Å². The number of aryl methyl sites for hydroxylation is 1. The molecule has 0 aliphatic rings. The summed E-state index contributed by atoms with van der Waals surface area (Å²) in [6, 6.07) is -0.676. The van der Waals surface area contributed by atoms with Gasteiger partial charge in [-0.05, 0) is 12.0 Å². The summed E-state index contributed by atoms with van der Waals surface area (Å²) < 4.78 is 7.51. The third-order valence-corrected chi connectivity index (χ3v) is 4.89. The van der Waals surface area contributed by atoms with E-state index in [0.717, 1.165) is 22.8 Å². The first-order valence-electron chi connectivity index (χ1n) is 9.01. The van der Waals surface area contributed by atoms with Crippen molar-refractivity contribution in [3.63, 3.8) is 0 Å². The number of anilines is 1. The third-order valence-electron chi connectivity index (χ3n) is 4.01. The van der Waals surface area contributed by atoms with Gasteiger partial charge in [0.05, 0.1) is 18.6 Å². The molecule has 0 saturated carbocycles. The van der Waals surface area contributed by atoms with Crippen LogP contribution in [0.15, 0.2) is 29.3 Å². The summed E-state index contributed by atoms with van der Waals surface area (Å²) in [4.78, 5) is 25.7. The number of hydrogen-bond donors (Lipinski definition) is 2. The fourth-order valence-corrected chi connectivity index (χ4v) is 3.29. The first-order valence-corrected chi connectivity index (χ1v) is 9.82. The van der Waals surface area contributed by atoms with Gasteiger partial charge < -0.3 is 20.0 Å². The third kappa shape index (κ3) is 5.37. The van der Waals surface area contributed by atoms with Crippen molar-refractivity contribution < 1.29 is 9.21 Å². The average molecular weight is 401 g/mol. The molecule has 3 aromatic rings. The number of carbonyl (C=O) groups is 1. The quantitative estimate of drug-likeness (QED) is 0.601. The summed E-state index contributed by atoms with van der Waals surface area (Å²) in [5.74, 6) is 1.65. The summed E-state index contributed by atoms with van der Waals surface area (Å²) in [7, 11) is 1.87. The number of nitrogens with zero attached hydrogens (tertiary/aromatic N) is 4. The van der Waals surface area contributed by atoms with Crippen molar-refractivity contribution in [2.45, 2.75) is 32.7 Å². The van der Waals surface area contributed by atoms with Crippen molar-refractivity contribution in [1.82, 2.24) is 19.5 Å². The molecule has 0 saturated heterocycles. The summed E-state index contributed by atoms with van der Waals surface area (Å²) >= 11 is 1.35. The average Bonchev–Trinajstić information content (AvgIpc) is 3.36. The van der Waals surface area contributed by atoms with Crippen LogP contribution in [0.5, 0.6) is 0 Å². The predicted octanol–water partition coefficient (Wildman–Crippen LogP) is 2.74. The van der Waals surface area contributed by atoms with E-state index in [-0.39, 0.29) is 5.91 Å². The fraction of sp³-hybridized carbons (Fsp3) is 0.368. The number of carbonyl (C=O) groups excluding carboxylic acids is 1. The molecule has 0 fully saturated rings. The summed E-state index contributed by atoms with van der Waals surface area (Å²) in [6.07, 6.45) is 11.7. The largest absolute Gasteiger partial charge is 0.442 e. The molecule has 3 aromatic heterocycles. The lowest BCUT2D eigenvalue weighted by Gasteiger charge is -2.10. The van der Waals surface area contributed by atoms with E-state index in [1.54, 1.807) is 31.0 Å². The van der Waals surface area contributed by atoms with Crippen LogP contribution in [0.4, 0.5) is 5.13 Å². The van der Waals surface area contributed by atoms with Crippen LogP contribution in [0.1, 0.15) is 36.1 Å². The highest BCUT2D eigenvalue weighted by molar-refractivity contribution is 7.16. The molecule has 28 heavy (non-hydrogen) atoms. The Balaban J connectivity index is 1.55. The van der Waals surface area contributed by atoms with Gasteiger partial charge in [-0.3, -0.25) is 4.79 Å². The van der Waals surface area contributed by atoms with E-state index < -0.39 is 6.04 Å². The van der Waals surface area contributed by atoms with E-state index in [0.29, 0.717) is 23.4 Å². The van der Waals surface area contributed by atoms with E-state index in [1.807, 2.05) is 17.7 Å². The van der Waals surface area contributed by atoms with E-state index in [2.05, 4.69) is 34.1 Å². The van der Waals surface area contributed by atoms with E-state index in [9.17, 15) is 4.79 Å². The number of amides is 1. The van der Waals surface area contributed by atoms with Crippen molar-refractivity contribution in [2.24, 2.45) is 18.7 Å². The second-order valence-corrected chi connectivity index (χ2v) is 8.02. The molecule has 0 aromatic carbocycles. The number of thiazole rings is 1. The Hall–Kier alpha value is -2.78. The molecule has 0 unspecified atom stereocenters. The van der Waals surface area contributed by atoms with Crippen LogP contribution < -0.4 is 11.1 Å². The number of aromatic nitrogens is 4. The minimum atomic E-state index is -0.676. The van der Waals surface area contributed by atoms with Crippen LogP contribution in [-0.4, -0.2) is 31.5 Å². The molecule has 0 aliphatic heterocycles. The van der Waals surface area contributed by atoms with Crippen LogP contribution in [0.25, 0.3) is 12.2 Å². The maximum absolute atomic E-state index is 12.3. The normalized spacial score (nSPS) is 12.8. The Morgan fingerprint density at radius 1 is 1.29 bits per heavy atom. The molecule has 3 rings (SSSR count). The minimum Gasteiger partial charge on any atom is -0.442 e. The van der Waals surface area contributed by atoms with Crippen LogP contribution in [0.3, 0.4) is 0 Å². The maximum Gasteiger partial charge on any atom is 0.243 e. The summed E-state index contributed by atoms with van der Waals surface area (Å²) in [5.41, 5.74) is 6.89. The molecule has 148 valence electrons. The molecule has 0 radical (unpaired) electrons. The highest BCUT2D eigenvalue weighted by Gasteiger charge is 2.17. The lowest BCUT2D eigenvalue weighted by atomic mass is 10.1. The summed E-state index contributed by atoms with van der Waals surface area (Å²) in [5, 5.41) is 3.26. The zero-order chi connectivity index (χ0) is 20.1. The van der Waals surface area contributed by atoms with Crippen molar-refractivity contribution in [1.29, 1.82) is 0 Å². The molecule has 9 heteroatoms. The standard InChI is InChI=1S/C19H24N6O2S/c1-12(2)6-14-9-22-17(27-14)5-4-15-10-23-19(28-15)24-18(26)16(20)7-13-8-21-11-25(13)3/h4-5,8-12,16H,6-7,20H2,1-3H3,(H,23,24,26)/b5-4+/t16-/m0/s1. The fourth-order valence-electron chi connectivity index (χ4n) is 2.57. The van der Waals surface area contributed by atoms with Crippen molar-refractivity contribution in [2.75, 3.05) is 5.32 Å². The highest BCUT2D eigenvalue weighted by Crippen LogP contribution is 2.21. The van der Waals surface area contributed by atoms with Gasteiger partial charge in [-0.25, -0.2) is 15.0 Å². The molecule has 3 N–H and O–H groups in total. The van der Waals surface area contributed by atoms with Crippen molar-refractivity contribution in [3.05, 3.63) is 47.1 Å². The number of rotatable bonds is 8. The van der Waals surface area contributed by atoms with E-state index >= 15 is 0 Å². The monoisotopic (exact) mass is 400 g/mol. The Labute approximate surface area is 167 Å². The molecule has 0 bridgehead atoms. The van der Waals surface area contributed by atoms with Gasteiger partial charge in [0, 0.05) is 48.9 Å². The Bertz CT molecular complexity index is 955. The van der Waals surface area contributed by atoms with E-state index in [1.165, 1.54) is 11.3 Å². The van der Waals surface area contributed by atoms with Gasteiger partial charge in [-0.15, -0.1) is 0 Å². The van der Waals surface area contributed by atoms with Crippen LogP contribution in [-0.2, 0) is 24.7 Å². The van der Waals surface area contributed by atoms with Gasteiger partial charge in [0.15, 0.2) is 5.13 Å². The first-order chi connectivity index (χ1) is 13.4. The van der Waals surface area contributed by atoms with Crippen molar-refractivity contribution in [3.8, 4) is 0 Å². The van der Waals surface area contributed by atoms with Gasteiger partial charge in [-0.2, -0.15) is 0 Å². The topological polar surface area (TPSA) is 112 Å². The number of nitrogens with one attached hydrogen (secondary N) is 1. The van der Waals surface area contributed by atoms with Crippen LogP contribution >= 0.6 is 11.3 Å². The van der Waals surface area contributed by atoms with Crippen molar-refractivity contribution >= 4 is 34.5 Å². The second kappa shape index (κ2) is 8.94. The number of oxazole rings is 1. The number of hydrogen-bond acceptors (Lipinski definition) is 7. The van der Waals surface area contributed by atoms with Gasteiger partial charge >= 0.3 is 0 Å². The molecular formula is C19H24N6O2S. The SMILES string of the molecule is CC(C)Cc1cnc(/C=C/c2cnc(NC(=O)[C@@H](N)Cc3cncn3C)s2)o1. The van der Waals surface area contributed by atoms with Gasteiger partial charge in [-0.1, -0.05) is 25.2 Å². The molecule has 1 atom stereocenters. The highest BCUT2D eigenvalue weighted by atomic mass is 32.1. The smallest absolute Gasteiger partial charge is 0.243 e. The Kier molecular flexibility index (Phi) is 6.37. The van der Waals surface area contributed by atoms with Crippen LogP contribution in [0, 0.1) is 5.92 Å². The number of imidazole rings is 1. The minimum absolute atomic E-state index is 0.280. The van der Waals surface area contributed by atoms with Gasteiger partial charge in [0.1, 0.15) is 5.76 Å². The molecular weight excluding hydrogens is 376 g/mol. The predicted molar refractivity (Wildman–Crippen MR) is 110 cm³/mol. The zero-order valence-corrected chi connectivity index (χ0v) is 16.9. The molecule has 8 nitrogen and oxygen atoms in total. The second-order valence-electron chi connectivity index (χ2n) is 6.96. The summed E-state index contributed by atoms with van der Waals surface area (Å²) in [6.45, 7) is 4.27. The molecule has 3 heterocycles. The Morgan fingerprint density at radius 3 is 2.82 bits per heavy atom. The van der Waals surface area contributed by atoms with Crippen LogP contribution in [0.2, 0.25) is 0 Å². The molecule has 0 aliphatic carbocycles. The molecule has 1 amide bonds. The first kappa shape index (κ1) is 20.0. The zero-order valence-electron chi connectivity index (χ0n) is 16.1. The van der Waals surface area contributed by atoms with Gasteiger partial charge in [0.25, 0.3) is 0 Å². The Morgan fingerprint density at radius 2 is 2.11 bits per heavy atom. The lowest BCUT2D eigenvalue weighted by Crippen LogP contribution is -2.37. The number of nitrogens with two attached hydrogens (primary N) is 1. The molecule has 0 spiro atoms.